The molecule has 0 aliphatic carbocycles. The molecule has 106 valence electrons. The van der Waals surface area contributed by atoms with Gasteiger partial charge >= 0.3 is 0 Å². The van der Waals surface area contributed by atoms with Gasteiger partial charge in [0.15, 0.2) is 0 Å². The van der Waals surface area contributed by atoms with Crippen molar-refractivity contribution in [1.29, 1.82) is 0 Å². The number of rotatable bonds is 3. The summed E-state index contributed by atoms with van der Waals surface area (Å²) in [7, 11) is 0. The first-order valence-electron chi connectivity index (χ1n) is 6.25. The van der Waals surface area contributed by atoms with Crippen molar-refractivity contribution >= 4 is 11.6 Å². The van der Waals surface area contributed by atoms with Crippen molar-refractivity contribution in [2.45, 2.75) is 13.8 Å². The molecule has 0 aliphatic rings. The molecule has 0 atom stereocenters. The zero-order valence-corrected chi connectivity index (χ0v) is 11.4. The van der Waals surface area contributed by atoms with Crippen LogP contribution in [-0.4, -0.2) is 30.2 Å². The largest absolute Gasteiger partial charge is 0.322 e. The van der Waals surface area contributed by atoms with E-state index in [1.165, 1.54) is 12.1 Å². The number of benzene rings is 1. The Morgan fingerprint density at radius 3 is 2.24 bits per heavy atom. The van der Waals surface area contributed by atoms with E-state index >= 15 is 0 Å². The molecule has 3 aromatic rings. The third-order valence-electron chi connectivity index (χ3n) is 2.77. The predicted molar refractivity (Wildman–Crippen MR) is 73.9 cm³/mol. The predicted octanol–water partition coefficient (Wildman–Crippen LogP) is 1.95. The maximum Gasteiger partial charge on any atom is 0.289 e. The summed E-state index contributed by atoms with van der Waals surface area (Å²) in [6, 6.07) is 7.75. The number of halogens is 1. The van der Waals surface area contributed by atoms with Crippen LogP contribution in [0.5, 0.6) is 0 Å². The molecule has 1 aromatic carbocycles. The highest BCUT2D eigenvalue weighted by molar-refractivity contribution is 5.51. The molecular formula is C13H12FN7. The van der Waals surface area contributed by atoms with Crippen molar-refractivity contribution in [1.82, 2.24) is 30.2 Å². The molecule has 0 saturated heterocycles. The van der Waals surface area contributed by atoms with Gasteiger partial charge in [0.1, 0.15) is 5.82 Å². The second-order valence-electron chi connectivity index (χ2n) is 4.49. The molecule has 0 spiro atoms. The van der Waals surface area contributed by atoms with Gasteiger partial charge in [-0.25, -0.2) is 9.07 Å². The summed E-state index contributed by atoms with van der Waals surface area (Å²) < 4.78 is 14.4. The van der Waals surface area contributed by atoms with Crippen LogP contribution in [0, 0.1) is 19.7 Å². The van der Waals surface area contributed by atoms with E-state index in [9.17, 15) is 4.39 Å². The zero-order chi connectivity index (χ0) is 14.8. The molecule has 7 nitrogen and oxygen atoms in total. The van der Waals surface area contributed by atoms with Crippen molar-refractivity contribution < 1.29 is 4.39 Å². The number of hydrogen-bond acceptors (Lipinski definition) is 6. The second kappa shape index (κ2) is 5.23. The molecule has 21 heavy (non-hydrogen) atoms. The molecule has 1 N–H and O–H groups in total. The van der Waals surface area contributed by atoms with E-state index in [-0.39, 0.29) is 11.8 Å². The van der Waals surface area contributed by atoms with E-state index in [4.69, 9.17) is 0 Å². The normalized spacial score (nSPS) is 10.6. The number of aromatic nitrogens is 6. The van der Waals surface area contributed by atoms with Crippen LogP contribution < -0.4 is 5.32 Å². The Balaban J connectivity index is 1.81. The molecule has 0 amide bonds. The lowest BCUT2D eigenvalue weighted by atomic mass is 10.3. The molecule has 3 rings (SSSR count). The monoisotopic (exact) mass is 285 g/mol. The minimum absolute atomic E-state index is 0.229. The van der Waals surface area contributed by atoms with Crippen molar-refractivity contribution in [3.63, 3.8) is 0 Å². The van der Waals surface area contributed by atoms with Crippen LogP contribution in [0.3, 0.4) is 0 Å². The van der Waals surface area contributed by atoms with Gasteiger partial charge in [0.2, 0.25) is 0 Å². The summed E-state index contributed by atoms with van der Waals surface area (Å²) in [5, 5.41) is 23.0. The highest BCUT2D eigenvalue weighted by Crippen LogP contribution is 2.12. The number of nitrogens with one attached hydrogen (secondary N) is 1. The molecule has 0 fully saturated rings. The third-order valence-corrected chi connectivity index (χ3v) is 2.77. The average molecular weight is 285 g/mol. The van der Waals surface area contributed by atoms with Crippen LogP contribution in [0.15, 0.2) is 30.3 Å². The van der Waals surface area contributed by atoms with Gasteiger partial charge in [0.25, 0.3) is 11.9 Å². The van der Waals surface area contributed by atoms with Crippen LogP contribution in [-0.2, 0) is 0 Å². The van der Waals surface area contributed by atoms with Crippen molar-refractivity contribution in [2.75, 3.05) is 5.32 Å². The Bertz CT molecular complexity index is 749. The fourth-order valence-electron chi connectivity index (χ4n) is 1.85. The van der Waals surface area contributed by atoms with Crippen molar-refractivity contribution in [3.05, 3.63) is 47.5 Å². The van der Waals surface area contributed by atoms with E-state index < -0.39 is 0 Å². The maximum absolute atomic E-state index is 12.8. The van der Waals surface area contributed by atoms with Crippen LogP contribution in [0.1, 0.15) is 11.4 Å². The Labute approximate surface area is 119 Å². The SMILES string of the molecule is Cc1cc(C)n(-c2nnc(Nc3ccc(F)cc3)nn2)n1. The first kappa shape index (κ1) is 13.1. The number of anilines is 2. The minimum atomic E-state index is -0.308. The van der Waals surface area contributed by atoms with Crippen LogP contribution >= 0.6 is 0 Å². The highest BCUT2D eigenvalue weighted by atomic mass is 19.1. The summed E-state index contributed by atoms with van der Waals surface area (Å²) in [5.41, 5.74) is 2.42. The van der Waals surface area contributed by atoms with Crippen molar-refractivity contribution in [2.24, 2.45) is 0 Å². The summed E-state index contributed by atoms with van der Waals surface area (Å²) in [6.07, 6.45) is 0. The first-order valence-corrected chi connectivity index (χ1v) is 6.25. The Hall–Kier alpha value is -2.90. The quantitative estimate of drug-likeness (QED) is 0.792. The number of nitrogens with zero attached hydrogens (tertiary/aromatic N) is 6. The van der Waals surface area contributed by atoms with Crippen LogP contribution in [0.2, 0.25) is 0 Å². The second-order valence-corrected chi connectivity index (χ2v) is 4.49. The lowest BCUT2D eigenvalue weighted by Gasteiger charge is -2.04. The zero-order valence-electron chi connectivity index (χ0n) is 11.4. The summed E-state index contributed by atoms with van der Waals surface area (Å²) in [4.78, 5) is 0. The topological polar surface area (TPSA) is 81.4 Å². The maximum atomic E-state index is 12.8. The smallest absolute Gasteiger partial charge is 0.289 e. The number of hydrogen-bond donors (Lipinski definition) is 1. The van der Waals surface area contributed by atoms with Gasteiger partial charge in [-0.05, 0) is 44.2 Å². The fourth-order valence-corrected chi connectivity index (χ4v) is 1.85. The Kier molecular flexibility index (Phi) is 3.27. The van der Waals surface area contributed by atoms with Gasteiger partial charge in [-0.15, -0.1) is 20.4 Å². The average Bonchev–Trinajstić information content (AvgIpc) is 2.81. The molecule has 0 aliphatic heterocycles. The standard InChI is InChI=1S/C13H12FN7/c1-8-7-9(2)21(20-8)13-18-16-12(17-19-13)15-11-5-3-10(14)4-6-11/h3-7H,1-2H3,(H,15,16,17). The van der Waals surface area contributed by atoms with Gasteiger partial charge in [0, 0.05) is 11.4 Å². The van der Waals surface area contributed by atoms with Gasteiger partial charge in [-0.2, -0.15) is 5.10 Å². The van der Waals surface area contributed by atoms with E-state index in [0.717, 1.165) is 11.4 Å². The summed E-state index contributed by atoms with van der Waals surface area (Å²) >= 11 is 0. The van der Waals surface area contributed by atoms with E-state index in [1.54, 1.807) is 16.8 Å². The molecule has 0 bridgehead atoms. The molecule has 0 saturated carbocycles. The van der Waals surface area contributed by atoms with E-state index in [2.05, 4.69) is 30.8 Å². The third kappa shape index (κ3) is 2.83. The van der Waals surface area contributed by atoms with Crippen molar-refractivity contribution in [3.8, 4) is 5.95 Å². The first-order chi connectivity index (χ1) is 10.1. The van der Waals surface area contributed by atoms with Gasteiger partial charge in [-0.3, -0.25) is 0 Å². The van der Waals surface area contributed by atoms with E-state index in [1.807, 2.05) is 19.9 Å². The highest BCUT2D eigenvalue weighted by Gasteiger charge is 2.08. The van der Waals surface area contributed by atoms with Crippen LogP contribution in [0.4, 0.5) is 16.0 Å². The lowest BCUT2D eigenvalue weighted by molar-refractivity contribution is 0.628. The summed E-state index contributed by atoms with van der Waals surface area (Å²) in [6.45, 7) is 3.78. The summed E-state index contributed by atoms with van der Waals surface area (Å²) in [5.74, 6) is 0.217. The molecule has 0 unspecified atom stereocenters. The Morgan fingerprint density at radius 1 is 1.00 bits per heavy atom. The van der Waals surface area contributed by atoms with Gasteiger partial charge < -0.3 is 5.32 Å². The van der Waals surface area contributed by atoms with E-state index in [0.29, 0.717) is 11.6 Å². The molecule has 0 radical (unpaired) electrons. The van der Waals surface area contributed by atoms with Gasteiger partial charge in [0.05, 0.1) is 5.69 Å². The molecule has 8 heteroatoms. The molecular weight excluding hydrogens is 273 g/mol. The minimum Gasteiger partial charge on any atom is -0.322 e. The van der Waals surface area contributed by atoms with Crippen LogP contribution in [0.25, 0.3) is 5.95 Å². The number of aryl methyl sites for hydroxylation is 2. The molecule has 2 heterocycles. The lowest BCUT2D eigenvalue weighted by Crippen LogP contribution is -2.10. The Morgan fingerprint density at radius 2 is 1.67 bits per heavy atom. The molecule has 2 aromatic heterocycles. The van der Waals surface area contributed by atoms with Gasteiger partial charge in [-0.1, -0.05) is 0 Å². The fraction of sp³-hybridized carbons (Fsp3) is 0.154.